The second-order valence-corrected chi connectivity index (χ2v) is 6.91. The summed E-state index contributed by atoms with van der Waals surface area (Å²) in [6.45, 7) is 0.263. The van der Waals surface area contributed by atoms with Gasteiger partial charge >= 0.3 is 0 Å². The highest BCUT2D eigenvalue weighted by Gasteiger charge is 2.02. The second kappa shape index (κ2) is 8.70. The lowest BCUT2D eigenvalue weighted by atomic mass is 10.1. The Morgan fingerprint density at radius 1 is 0.880 bits per heavy atom. The Morgan fingerprint density at radius 3 is 2.36 bits per heavy atom. The molecule has 0 bridgehead atoms. The van der Waals surface area contributed by atoms with Gasteiger partial charge in [-0.1, -0.05) is 12.1 Å². The molecular formula is C21H20O3S. The molecular weight excluding hydrogens is 332 g/mol. The highest BCUT2D eigenvalue weighted by molar-refractivity contribution is 7.99. The summed E-state index contributed by atoms with van der Waals surface area (Å²) in [5, 5.41) is 11.1. The Bertz CT molecular complexity index is 843. The average Bonchev–Trinajstić information content (AvgIpc) is 2.66. The molecule has 0 saturated heterocycles. The fraction of sp³-hybridized carbons (Fsp3) is 0.190. The van der Waals surface area contributed by atoms with Crippen LogP contribution < -0.4 is 4.74 Å². The van der Waals surface area contributed by atoms with Crippen molar-refractivity contribution in [3.05, 3.63) is 66.2 Å². The Balaban J connectivity index is 1.70. The van der Waals surface area contributed by atoms with Crippen LogP contribution in [0.25, 0.3) is 10.8 Å². The lowest BCUT2D eigenvalue weighted by molar-refractivity contribution is 0.112. The van der Waals surface area contributed by atoms with Crippen LogP contribution in [0.3, 0.4) is 0 Å². The van der Waals surface area contributed by atoms with Crippen LogP contribution in [0, 0.1) is 0 Å². The molecule has 0 amide bonds. The molecule has 0 fully saturated rings. The maximum Gasteiger partial charge on any atom is 0.150 e. The van der Waals surface area contributed by atoms with E-state index < -0.39 is 0 Å². The fourth-order valence-corrected chi connectivity index (χ4v) is 3.47. The molecule has 3 aromatic rings. The van der Waals surface area contributed by atoms with Crippen LogP contribution in [-0.2, 0) is 0 Å². The normalized spacial score (nSPS) is 10.8. The van der Waals surface area contributed by atoms with Gasteiger partial charge < -0.3 is 9.84 Å². The highest BCUT2D eigenvalue weighted by atomic mass is 32.2. The van der Waals surface area contributed by atoms with E-state index in [0.29, 0.717) is 11.3 Å². The van der Waals surface area contributed by atoms with Crippen molar-refractivity contribution in [1.29, 1.82) is 0 Å². The van der Waals surface area contributed by atoms with Gasteiger partial charge in [-0.3, -0.25) is 4.79 Å². The van der Waals surface area contributed by atoms with E-state index >= 15 is 0 Å². The zero-order chi connectivity index (χ0) is 17.5. The molecule has 0 atom stereocenters. The number of unbranched alkanes of at least 4 members (excludes halogenated alkanes) is 1. The van der Waals surface area contributed by atoms with Gasteiger partial charge in [-0.15, -0.1) is 11.8 Å². The monoisotopic (exact) mass is 352 g/mol. The number of hydrogen-bond donors (Lipinski definition) is 1. The van der Waals surface area contributed by atoms with Gasteiger partial charge in [0.1, 0.15) is 17.8 Å². The van der Waals surface area contributed by atoms with Gasteiger partial charge in [0, 0.05) is 17.1 Å². The topological polar surface area (TPSA) is 46.5 Å². The van der Waals surface area contributed by atoms with Crippen LogP contribution in [0.2, 0.25) is 0 Å². The van der Waals surface area contributed by atoms with Gasteiger partial charge in [0.2, 0.25) is 0 Å². The second-order valence-electron chi connectivity index (χ2n) is 5.74. The van der Waals surface area contributed by atoms with E-state index in [-0.39, 0.29) is 6.61 Å². The van der Waals surface area contributed by atoms with Crippen molar-refractivity contribution in [3.63, 3.8) is 0 Å². The van der Waals surface area contributed by atoms with E-state index in [9.17, 15) is 4.79 Å². The molecule has 4 heteroatoms. The lowest BCUT2D eigenvalue weighted by Gasteiger charge is -2.08. The molecule has 0 heterocycles. The molecule has 0 aliphatic rings. The van der Waals surface area contributed by atoms with E-state index in [2.05, 4.69) is 24.3 Å². The number of ether oxygens (including phenoxy) is 1. The summed E-state index contributed by atoms with van der Waals surface area (Å²) in [4.78, 5) is 11.9. The van der Waals surface area contributed by atoms with E-state index in [1.165, 1.54) is 10.3 Å². The molecule has 0 unspecified atom stereocenters. The third-order valence-electron chi connectivity index (χ3n) is 3.86. The number of aldehydes is 1. The molecule has 0 spiro atoms. The number of aliphatic hydroxyl groups excluding tert-OH is 1. The quantitative estimate of drug-likeness (QED) is 0.339. The number of benzene rings is 3. The summed E-state index contributed by atoms with van der Waals surface area (Å²) < 4.78 is 5.86. The SMILES string of the molecule is O=Cc1ccc(Oc2ccc3cc(SCCCCO)ccc3c2)cc1. The summed E-state index contributed by atoms with van der Waals surface area (Å²) in [5.74, 6) is 2.50. The zero-order valence-electron chi connectivity index (χ0n) is 13.9. The Morgan fingerprint density at radius 2 is 1.60 bits per heavy atom. The van der Waals surface area contributed by atoms with E-state index in [1.54, 1.807) is 24.3 Å². The highest BCUT2D eigenvalue weighted by Crippen LogP contribution is 2.29. The van der Waals surface area contributed by atoms with Crippen LogP contribution in [0.1, 0.15) is 23.2 Å². The molecule has 25 heavy (non-hydrogen) atoms. The van der Waals surface area contributed by atoms with Crippen molar-refractivity contribution in [2.45, 2.75) is 17.7 Å². The first-order valence-corrected chi connectivity index (χ1v) is 9.27. The van der Waals surface area contributed by atoms with E-state index in [0.717, 1.165) is 36.0 Å². The number of hydrogen-bond acceptors (Lipinski definition) is 4. The summed E-state index contributed by atoms with van der Waals surface area (Å²) in [6, 6.07) is 19.5. The largest absolute Gasteiger partial charge is 0.457 e. The number of fused-ring (bicyclic) bond motifs is 1. The van der Waals surface area contributed by atoms with Crippen LogP contribution in [0.15, 0.2) is 65.6 Å². The Kier molecular flexibility index (Phi) is 6.09. The molecule has 0 radical (unpaired) electrons. The summed E-state index contributed by atoms with van der Waals surface area (Å²) in [6.07, 6.45) is 2.70. The predicted octanol–water partition coefficient (Wildman–Crippen LogP) is 5.31. The van der Waals surface area contributed by atoms with Gasteiger partial charge in [0.05, 0.1) is 0 Å². The maximum absolute atomic E-state index is 10.7. The van der Waals surface area contributed by atoms with Crippen molar-refractivity contribution in [3.8, 4) is 11.5 Å². The van der Waals surface area contributed by atoms with Crippen LogP contribution in [0.5, 0.6) is 11.5 Å². The van der Waals surface area contributed by atoms with Gasteiger partial charge in [-0.05, 0) is 77.9 Å². The van der Waals surface area contributed by atoms with Gasteiger partial charge in [-0.25, -0.2) is 0 Å². The number of rotatable bonds is 8. The van der Waals surface area contributed by atoms with Gasteiger partial charge in [-0.2, -0.15) is 0 Å². The minimum absolute atomic E-state index is 0.263. The van der Waals surface area contributed by atoms with E-state index in [4.69, 9.17) is 9.84 Å². The summed E-state index contributed by atoms with van der Waals surface area (Å²) in [7, 11) is 0. The summed E-state index contributed by atoms with van der Waals surface area (Å²) in [5.41, 5.74) is 0.634. The molecule has 0 saturated carbocycles. The molecule has 3 aromatic carbocycles. The Labute approximate surface area is 151 Å². The van der Waals surface area contributed by atoms with Crippen molar-refractivity contribution < 1.29 is 14.6 Å². The summed E-state index contributed by atoms with van der Waals surface area (Å²) >= 11 is 1.81. The number of carbonyl (C=O) groups excluding carboxylic acids is 1. The van der Waals surface area contributed by atoms with Gasteiger partial charge in [0.25, 0.3) is 0 Å². The van der Waals surface area contributed by atoms with Gasteiger partial charge in [0.15, 0.2) is 0 Å². The minimum atomic E-state index is 0.263. The van der Waals surface area contributed by atoms with Crippen molar-refractivity contribution in [1.82, 2.24) is 0 Å². The maximum atomic E-state index is 10.7. The molecule has 0 aliphatic carbocycles. The third kappa shape index (κ3) is 4.84. The average molecular weight is 352 g/mol. The van der Waals surface area contributed by atoms with Crippen LogP contribution >= 0.6 is 11.8 Å². The first-order valence-electron chi connectivity index (χ1n) is 8.29. The smallest absolute Gasteiger partial charge is 0.150 e. The standard InChI is InChI=1S/C21H20O3S/c22-11-1-2-12-25-21-10-6-17-13-20(9-5-18(17)14-21)24-19-7-3-16(15-23)4-8-19/h3-10,13-15,22H,1-2,11-12H2. The van der Waals surface area contributed by atoms with E-state index in [1.807, 2.05) is 23.9 Å². The predicted molar refractivity (Wildman–Crippen MR) is 103 cm³/mol. The number of aliphatic hydroxyl groups is 1. The number of thioether (sulfide) groups is 1. The van der Waals surface area contributed by atoms with Crippen molar-refractivity contribution in [2.75, 3.05) is 12.4 Å². The molecule has 1 N–H and O–H groups in total. The Hall–Kier alpha value is -2.30. The van der Waals surface area contributed by atoms with Crippen molar-refractivity contribution >= 4 is 28.8 Å². The molecule has 0 aliphatic heterocycles. The zero-order valence-corrected chi connectivity index (χ0v) is 14.7. The number of carbonyl (C=O) groups is 1. The first-order chi connectivity index (χ1) is 12.3. The first kappa shape index (κ1) is 17.5. The molecule has 3 nitrogen and oxygen atoms in total. The molecule has 0 aromatic heterocycles. The van der Waals surface area contributed by atoms with Crippen LogP contribution in [0.4, 0.5) is 0 Å². The third-order valence-corrected chi connectivity index (χ3v) is 4.94. The fourth-order valence-electron chi connectivity index (χ4n) is 2.51. The molecule has 128 valence electrons. The van der Waals surface area contributed by atoms with Crippen LogP contribution in [-0.4, -0.2) is 23.8 Å². The van der Waals surface area contributed by atoms with Crippen molar-refractivity contribution in [2.24, 2.45) is 0 Å². The lowest BCUT2D eigenvalue weighted by Crippen LogP contribution is -1.87. The molecule has 3 rings (SSSR count). The minimum Gasteiger partial charge on any atom is -0.457 e.